The Morgan fingerprint density at radius 3 is 2.44 bits per heavy atom. The predicted octanol–water partition coefficient (Wildman–Crippen LogP) is 4.92. The van der Waals surface area contributed by atoms with Gasteiger partial charge in [0, 0.05) is 17.5 Å². The van der Waals surface area contributed by atoms with Gasteiger partial charge in [-0.1, -0.05) is 31.2 Å². The molecule has 0 bridgehead atoms. The van der Waals surface area contributed by atoms with Gasteiger partial charge in [-0.05, 0) is 52.5 Å². The van der Waals surface area contributed by atoms with Crippen LogP contribution in [0.4, 0.5) is 0 Å². The molecule has 1 aromatic heterocycles. The van der Waals surface area contributed by atoms with Crippen molar-refractivity contribution in [3.63, 3.8) is 0 Å². The van der Waals surface area contributed by atoms with Crippen LogP contribution in [0.15, 0.2) is 40.2 Å². The van der Waals surface area contributed by atoms with E-state index in [1.54, 1.807) is 11.3 Å². The third kappa shape index (κ3) is 3.67. The minimum Gasteiger partial charge on any atom is -0.305 e. The van der Waals surface area contributed by atoms with Gasteiger partial charge in [-0.2, -0.15) is 0 Å². The van der Waals surface area contributed by atoms with Crippen molar-refractivity contribution in [2.45, 2.75) is 32.9 Å². The van der Waals surface area contributed by atoms with Crippen molar-refractivity contribution < 1.29 is 0 Å². The molecule has 0 fully saturated rings. The lowest BCUT2D eigenvalue weighted by Gasteiger charge is -2.14. The second kappa shape index (κ2) is 6.50. The zero-order chi connectivity index (χ0) is 13.0. The second-order valence-corrected chi connectivity index (χ2v) is 6.95. The number of hydrogen-bond donors (Lipinski definition) is 1. The fraction of sp³-hybridized carbons (Fsp3) is 0.333. The first kappa shape index (κ1) is 13.8. The minimum atomic E-state index is 0.386. The van der Waals surface area contributed by atoms with Crippen LogP contribution in [0.25, 0.3) is 0 Å². The van der Waals surface area contributed by atoms with E-state index < -0.39 is 0 Å². The van der Waals surface area contributed by atoms with Crippen molar-refractivity contribution in [2.24, 2.45) is 0 Å². The van der Waals surface area contributed by atoms with Crippen molar-refractivity contribution in [2.75, 3.05) is 0 Å². The molecule has 0 saturated carbocycles. The Labute approximate surface area is 121 Å². The molecule has 0 spiro atoms. The van der Waals surface area contributed by atoms with Gasteiger partial charge in [0.2, 0.25) is 0 Å². The SMILES string of the molecule is CCc1ccc(C(C)NCc2ccc(Br)s2)cc1. The first-order chi connectivity index (χ1) is 8.69. The molecule has 0 amide bonds. The van der Waals surface area contributed by atoms with Gasteiger partial charge in [-0.25, -0.2) is 0 Å². The van der Waals surface area contributed by atoms with Crippen LogP contribution in [0.5, 0.6) is 0 Å². The van der Waals surface area contributed by atoms with Gasteiger partial charge in [-0.15, -0.1) is 11.3 Å². The van der Waals surface area contributed by atoms with E-state index in [0.29, 0.717) is 6.04 Å². The summed E-state index contributed by atoms with van der Waals surface area (Å²) < 4.78 is 1.19. The van der Waals surface area contributed by atoms with Gasteiger partial charge in [0.05, 0.1) is 3.79 Å². The Bertz CT molecular complexity index is 489. The first-order valence-electron chi connectivity index (χ1n) is 6.25. The van der Waals surface area contributed by atoms with Gasteiger partial charge in [-0.3, -0.25) is 0 Å². The number of halogens is 1. The molecule has 96 valence electrons. The summed E-state index contributed by atoms with van der Waals surface area (Å²) >= 11 is 5.28. The molecule has 0 aliphatic heterocycles. The van der Waals surface area contributed by atoms with Crippen LogP contribution in [0, 0.1) is 0 Å². The molecule has 3 heteroatoms. The second-order valence-electron chi connectivity index (χ2n) is 4.40. The molecule has 1 N–H and O–H groups in total. The molecule has 0 saturated heterocycles. The van der Waals surface area contributed by atoms with E-state index in [0.717, 1.165) is 13.0 Å². The van der Waals surface area contributed by atoms with Gasteiger partial charge < -0.3 is 5.32 Å². The molecule has 2 aromatic rings. The lowest BCUT2D eigenvalue weighted by atomic mass is 10.1. The number of benzene rings is 1. The van der Waals surface area contributed by atoms with E-state index >= 15 is 0 Å². The quantitative estimate of drug-likeness (QED) is 0.823. The minimum absolute atomic E-state index is 0.386. The van der Waals surface area contributed by atoms with Crippen LogP contribution in [0.2, 0.25) is 0 Å². The summed E-state index contributed by atoms with van der Waals surface area (Å²) in [6.07, 6.45) is 1.10. The van der Waals surface area contributed by atoms with Crippen LogP contribution in [0.1, 0.15) is 35.9 Å². The van der Waals surface area contributed by atoms with Crippen LogP contribution < -0.4 is 5.32 Å². The van der Waals surface area contributed by atoms with Gasteiger partial charge in [0.1, 0.15) is 0 Å². The molecule has 2 rings (SSSR count). The number of rotatable bonds is 5. The van der Waals surface area contributed by atoms with E-state index in [2.05, 4.69) is 71.5 Å². The van der Waals surface area contributed by atoms with Crippen LogP contribution in [-0.2, 0) is 13.0 Å². The third-order valence-electron chi connectivity index (χ3n) is 3.10. The van der Waals surface area contributed by atoms with Crippen LogP contribution in [0.3, 0.4) is 0 Å². The summed E-state index contributed by atoms with van der Waals surface area (Å²) in [5.74, 6) is 0. The molecule has 1 nitrogen and oxygen atoms in total. The third-order valence-corrected chi connectivity index (χ3v) is 4.72. The van der Waals surface area contributed by atoms with Gasteiger partial charge >= 0.3 is 0 Å². The maximum Gasteiger partial charge on any atom is 0.0701 e. The maximum atomic E-state index is 3.56. The van der Waals surface area contributed by atoms with E-state index in [1.807, 2.05) is 0 Å². The highest BCUT2D eigenvalue weighted by molar-refractivity contribution is 9.11. The standard InChI is InChI=1S/C15H18BrNS/c1-3-12-4-6-13(7-5-12)11(2)17-10-14-8-9-15(16)18-14/h4-9,11,17H,3,10H2,1-2H3. The first-order valence-corrected chi connectivity index (χ1v) is 7.86. The van der Waals surface area contributed by atoms with Crippen LogP contribution >= 0.6 is 27.3 Å². The average molecular weight is 324 g/mol. The monoisotopic (exact) mass is 323 g/mol. The van der Waals surface area contributed by atoms with Crippen molar-refractivity contribution in [3.8, 4) is 0 Å². The number of hydrogen-bond acceptors (Lipinski definition) is 2. The summed E-state index contributed by atoms with van der Waals surface area (Å²) in [7, 11) is 0. The van der Waals surface area contributed by atoms with Crippen molar-refractivity contribution in [1.82, 2.24) is 5.32 Å². The summed E-state index contributed by atoms with van der Waals surface area (Å²) in [5, 5.41) is 3.56. The summed E-state index contributed by atoms with van der Waals surface area (Å²) in [4.78, 5) is 1.36. The summed E-state index contributed by atoms with van der Waals surface area (Å²) in [6, 6.07) is 13.5. The molecular weight excluding hydrogens is 306 g/mol. The van der Waals surface area contributed by atoms with E-state index in [1.165, 1.54) is 19.8 Å². The highest BCUT2D eigenvalue weighted by Gasteiger charge is 2.05. The van der Waals surface area contributed by atoms with E-state index in [4.69, 9.17) is 0 Å². The molecule has 0 radical (unpaired) electrons. The highest BCUT2D eigenvalue weighted by atomic mass is 79.9. The van der Waals surface area contributed by atoms with E-state index in [-0.39, 0.29) is 0 Å². The maximum absolute atomic E-state index is 3.56. The van der Waals surface area contributed by atoms with Crippen LogP contribution in [-0.4, -0.2) is 0 Å². The zero-order valence-corrected chi connectivity index (χ0v) is 13.1. The molecule has 18 heavy (non-hydrogen) atoms. The molecule has 1 aromatic carbocycles. The lowest BCUT2D eigenvalue weighted by Crippen LogP contribution is -2.17. The Hall–Kier alpha value is -0.640. The summed E-state index contributed by atoms with van der Waals surface area (Å²) in [5.41, 5.74) is 2.75. The number of thiophene rings is 1. The molecule has 1 unspecified atom stereocenters. The fourth-order valence-electron chi connectivity index (χ4n) is 1.86. The molecule has 0 aliphatic rings. The fourth-order valence-corrected chi connectivity index (χ4v) is 3.29. The van der Waals surface area contributed by atoms with Gasteiger partial charge in [0.15, 0.2) is 0 Å². The van der Waals surface area contributed by atoms with Gasteiger partial charge in [0.25, 0.3) is 0 Å². The lowest BCUT2D eigenvalue weighted by molar-refractivity contribution is 0.579. The summed E-state index contributed by atoms with van der Waals surface area (Å²) in [6.45, 7) is 5.32. The normalized spacial score (nSPS) is 12.6. The van der Waals surface area contributed by atoms with Crippen molar-refractivity contribution in [1.29, 1.82) is 0 Å². The Kier molecular flexibility index (Phi) is 4.98. The predicted molar refractivity (Wildman–Crippen MR) is 83.1 cm³/mol. The number of aryl methyl sites for hydroxylation is 1. The smallest absolute Gasteiger partial charge is 0.0701 e. The molecule has 0 aliphatic carbocycles. The van der Waals surface area contributed by atoms with Crippen molar-refractivity contribution >= 4 is 27.3 Å². The molecule has 1 atom stereocenters. The average Bonchev–Trinajstić information content (AvgIpc) is 2.82. The van der Waals surface area contributed by atoms with Crippen molar-refractivity contribution in [3.05, 3.63) is 56.2 Å². The zero-order valence-electron chi connectivity index (χ0n) is 10.7. The Morgan fingerprint density at radius 1 is 1.17 bits per heavy atom. The Balaban J connectivity index is 1.92. The topological polar surface area (TPSA) is 12.0 Å². The molecular formula is C15H18BrNS. The highest BCUT2D eigenvalue weighted by Crippen LogP contribution is 2.22. The Morgan fingerprint density at radius 2 is 1.89 bits per heavy atom. The molecule has 1 heterocycles. The van der Waals surface area contributed by atoms with E-state index in [9.17, 15) is 0 Å². The number of nitrogens with one attached hydrogen (secondary N) is 1. The largest absolute Gasteiger partial charge is 0.305 e.